The van der Waals surface area contributed by atoms with Crippen molar-refractivity contribution in [3.05, 3.63) is 48.0 Å². The lowest BCUT2D eigenvalue weighted by atomic mass is 10.0. The van der Waals surface area contributed by atoms with E-state index in [0.29, 0.717) is 25.7 Å². The summed E-state index contributed by atoms with van der Waals surface area (Å²) in [6.45, 7) is 3.51. The molecule has 4 nitrogen and oxygen atoms in total. The maximum Gasteiger partial charge on any atom is 0.254 e. The lowest BCUT2D eigenvalue weighted by Crippen LogP contribution is -2.29. The predicted molar refractivity (Wildman–Crippen MR) is 90.7 cm³/mol. The molecule has 3 rings (SSSR count). The summed E-state index contributed by atoms with van der Waals surface area (Å²) in [6, 6.07) is 14.0. The third-order valence-electron chi connectivity index (χ3n) is 4.38. The van der Waals surface area contributed by atoms with Crippen molar-refractivity contribution >= 4 is 16.7 Å². The topological polar surface area (TPSA) is 38.8 Å². The molecule has 2 aromatic rings. The fourth-order valence-electron chi connectivity index (χ4n) is 3.13. The van der Waals surface area contributed by atoms with Gasteiger partial charge in [0.25, 0.3) is 5.91 Å². The van der Waals surface area contributed by atoms with Gasteiger partial charge in [-0.25, -0.2) is 0 Å². The molecule has 1 fully saturated rings. The summed E-state index contributed by atoms with van der Waals surface area (Å²) in [5, 5.41) is 2.14. The summed E-state index contributed by atoms with van der Waals surface area (Å²) >= 11 is 0. The zero-order valence-corrected chi connectivity index (χ0v) is 13.5. The van der Waals surface area contributed by atoms with Crippen LogP contribution in [0.4, 0.5) is 0 Å². The summed E-state index contributed by atoms with van der Waals surface area (Å²) in [5.74, 6) is 0.548. The van der Waals surface area contributed by atoms with Crippen molar-refractivity contribution in [2.45, 2.75) is 6.42 Å². The molecule has 0 spiro atoms. The summed E-state index contributed by atoms with van der Waals surface area (Å²) < 4.78 is 10.6. The van der Waals surface area contributed by atoms with Gasteiger partial charge >= 0.3 is 0 Å². The Balaban J connectivity index is 1.64. The maximum atomic E-state index is 12.8. The van der Waals surface area contributed by atoms with Gasteiger partial charge in [0.1, 0.15) is 0 Å². The number of ether oxygens (including phenoxy) is 2. The van der Waals surface area contributed by atoms with E-state index in [2.05, 4.69) is 0 Å². The molecule has 23 heavy (non-hydrogen) atoms. The van der Waals surface area contributed by atoms with Crippen LogP contribution in [0.2, 0.25) is 0 Å². The molecule has 1 aliphatic heterocycles. The first-order valence-electron chi connectivity index (χ1n) is 8.13. The Kier molecular flexibility index (Phi) is 5.26. The highest BCUT2D eigenvalue weighted by atomic mass is 16.5. The number of amides is 1. The molecule has 1 aliphatic rings. The predicted octanol–water partition coefficient (Wildman–Crippen LogP) is 2.96. The number of hydrogen-bond acceptors (Lipinski definition) is 3. The zero-order chi connectivity index (χ0) is 16.1. The molecule has 0 unspecified atom stereocenters. The fourth-order valence-corrected chi connectivity index (χ4v) is 3.13. The Morgan fingerprint density at radius 3 is 2.87 bits per heavy atom. The van der Waals surface area contributed by atoms with Crippen LogP contribution in [0.15, 0.2) is 42.5 Å². The summed E-state index contributed by atoms with van der Waals surface area (Å²) in [4.78, 5) is 14.8. The first-order chi connectivity index (χ1) is 11.3. The molecule has 1 atom stereocenters. The average molecular weight is 313 g/mol. The minimum atomic E-state index is 0.126. The van der Waals surface area contributed by atoms with Crippen molar-refractivity contribution in [1.82, 2.24) is 4.90 Å². The lowest BCUT2D eigenvalue weighted by molar-refractivity contribution is 0.0515. The fraction of sp³-hybridized carbons (Fsp3) is 0.421. The van der Waals surface area contributed by atoms with E-state index < -0.39 is 0 Å². The van der Waals surface area contributed by atoms with Crippen LogP contribution in [-0.4, -0.2) is 50.8 Å². The van der Waals surface area contributed by atoms with Gasteiger partial charge in [-0.2, -0.15) is 0 Å². The quantitative estimate of drug-likeness (QED) is 0.770. The van der Waals surface area contributed by atoms with Gasteiger partial charge in [0.2, 0.25) is 0 Å². The molecule has 1 heterocycles. The van der Waals surface area contributed by atoms with E-state index in [4.69, 9.17) is 9.47 Å². The molecular weight excluding hydrogens is 290 g/mol. The molecule has 1 amide bonds. The van der Waals surface area contributed by atoms with Gasteiger partial charge in [-0.1, -0.05) is 36.4 Å². The van der Waals surface area contributed by atoms with Gasteiger partial charge in [-0.05, 0) is 23.3 Å². The third kappa shape index (κ3) is 3.71. The van der Waals surface area contributed by atoms with Gasteiger partial charge in [-0.3, -0.25) is 4.79 Å². The number of nitrogens with zero attached hydrogens (tertiary/aromatic N) is 1. The SMILES string of the molecule is COCCOC[C@H]1CCN(C(=O)c2cccc3ccccc23)C1. The number of methoxy groups -OCH3 is 1. The van der Waals surface area contributed by atoms with Crippen LogP contribution in [-0.2, 0) is 9.47 Å². The number of likely N-dealkylation sites (tertiary alicyclic amines) is 1. The number of benzene rings is 2. The molecule has 0 radical (unpaired) electrons. The molecule has 4 heteroatoms. The molecule has 0 saturated carbocycles. The minimum absolute atomic E-state index is 0.126. The summed E-state index contributed by atoms with van der Waals surface area (Å²) in [7, 11) is 1.67. The second kappa shape index (κ2) is 7.57. The lowest BCUT2D eigenvalue weighted by Gasteiger charge is -2.18. The smallest absolute Gasteiger partial charge is 0.254 e. The van der Waals surface area contributed by atoms with Crippen molar-refractivity contribution in [3.8, 4) is 0 Å². The Hall–Kier alpha value is -1.91. The highest BCUT2D eigenvalue weighted by Crippen LogP contribution is 2.23. The number of fused-ring (bicyclic) bond motifs is 1. The molecular formula is C19H23NO3. The van der Waals surface area contributed by atoms with Gasteiger partial charge < -0.3 is 14.4 Å². The van der Waals surface area contributed by atoms with Crippen molar-refractivity contribution < 1.29 is 14.3 Å². The van der Waals surface area contributed by atoms with Gasteiger partial charge in [0, 0.05) is 31.7 Å². The molecule has 0 aromatic heterocycles. The number of hydrogen-bond donors (Lipinski definition) is 0. The monoisotopic (exact) mass is 313 g/mol. The van der Waals surface area contributed by atoms with Crippen molar-refractivity contribution in [2.24, 2.45) is 5.92 Å². The third-order valence-corrected chi connectivity index (χ3v) is 4.38. The minimum Gasteiger partial charge on any atom is -0.382 e. The number of rotatable bonds is 6. The van der Waals surface area contributed by atoms with E-state index in [1.165, 1.54) is 0 Å². The van der Waals surface area contributed by atoms with Crippen molar-refractivity contribution in [3.63, 3.8) is 0 Å². The number of carbonyl (C=O) groups is 1. The van der Waals surface area contributed by atoms with E-state index in [9.17, 15) is 4.79 Å². The highest BCUT2D eigenvalue weighted by molar-refractivity contribution is 6.07. The van der Waals surface area contributed by atoms with Crippen LogP contribution in [0.25, 0.3) is 10.8 Å². The summed E-state index contributed by atoms with van der Waals surface area (Å²) in [6.07, 6.45) is 1.00. The molecule has 2 aromatic carbocycles. The second-order valence-corrected chi connectivity index (χ2v) is 6.00. The van der Waals surface area contributed by atoms with Crippen molar-refractivity contribution in [1.29, 1.82) is 0 Å². The Morgan fingerprint density at radius 1 is 1.17 bits per heavy atom. The zero-order valence-electron chi connectivity index (χ0n) is 13.5. The highest BCUT2D eigenvalue weighted by Gasteiger charge is 2.27. The largest absolute Gasteiger partial charge is 0.382 e. The van der Waals surface area contributed by atoms with E-state index in [-0.39, 0.29) is 5.91 Å². The summed E-state index contributed by atoms with van der Waals surface area (Å²) in [5.41, 5.74) is 0.795. The second-order valence-electron chi connectivity index (χ2n) is 6.00. The van der Waals surface area contributed by atoms with Crippen LogP contribution in [0.3, 0.4) is 0 Å². The van der Waals surface area contributed by atoms with Crippen molar-refractivity contribution in [2.75, 3.05) is 40.0 Å². The number of carbonyl (C=O) groups excluding carboxylic acids is 1. The Morgan fingerprint density at radius 2 is 2.00 bits per heavy atom. The molecule has 0 aliphatic carbocycles. The maximum absolute atomic E-state index is 12.8. The molecule has 0 bridgehead atoms. The average Bonchev–Trinajstić information content (AvgIpc) is 3.06. The van der Waals surface area contributed by atoms with Gasteiger partial charge in [0.05, 0.1) is 19.8 Å². The van der Waals surface area contributed by atoms with Crippen LogP contribution >= 0.6 is 0 Å². The van der Waals surface area contributed by atoms with E-state index in [1.54, 1.807) is 7.11 Å². The molecule has 122 valence electrons. The molecule has 1 saturated heterocycles. The standard InChI is InChI=1S/C19H23NO3/c1-22-11-12-23-14-15-9-10-20(13-15)19(21)18-8-4-6-16-5-2-3-7-17(16)18/h2-8,15H,9-14H2,1H3/t15-/m0/s1. The van der Waals surface area contributed by atoms with Gasteiger partial charge in [-0.15, -0.1) is 0 Å². The first kappa shape index (κ1) is 16.0. The normalized spacial score (nSPS) is 17.8. The Labute approximate surface area is 137 Å². The molecule has 0 N–H and O–H groups in total. The van der Waals surface area contributed by atoms with Gasteiger partial charge in [0.15, 0.2) is 0 Å². The first-order valence-corrected chi connectivity index (χ1v) is 8.13. The van der Waals surface area contributed by atoms with Crippen LogP contribution in [0.1, 0.15) is 16.8 Å². The van der Waals surface area contributed by atoms with E-state index >= 15 is 0 Å². The van der Waals surface area contributed by atoms with Crippen LogP contribution < -0.4 is 0 Å². The van der Waals surface area contributed by atoms with Crippen LogP contribution in [0, 0.1) is 5.92 Å². The van der Waals surface area contributed by atoms with E-state index in [1.807, 2.05) is 47.4 Å². The Bertz CT molecular complexity index is 665. The van der Waals surface area contributed by atoms with E-state index in [0.717, 1.165) is 35.8 Å². The van der Waals surface area contributed by atoms with Crippen LogP contribution in [0.5, 0.6) is 0 Å².